The van der Waals surface area contributed by atoms with Crippen molar-refractivity contribution in [2.75, 3.05) is 46.3 Å². The third-order valence-electron chi connectivity index (χ3n) is 4.49. The summed E-state index contributed by atoms with van der Waals surface area (Å²) in [6, 6.07) is 3.97. The van der Waals surface area contributed by atoms with Crippen LogP contribution < -0.4 is 5.32 Å². The van der Waals surface area contributed by atoms with Gasteiger partial charge in [-0.05, 0) is 24.3 Å². The van der Waals surface area contributed by atoms with E-state index in [-0.39, 0.29) is 24.3 Å². The maximum absolute atomic E-state index is 12.4. The maximum Gasteiger partial charge on any atom is 0.264 e. The number of likely N-dealkylation sites (N-methyl/N-ethyl adjacent to an activating group) is 1. The third-order valence-corrected chi connectivity index (χ3v) is 5.34. The molecule has 1 aromatic heterocycles. The van der Waals surface area contributed by atoms with Gasteiger partial charge < -0.3 is 15.1 Å². The zero-order valence-electron chi connectivity index (χ0n) is 14.4. The molecule has 1 aliphatic heterocycles. The van der Waals surface area contributed by atoms with E-state index in [1.165, 1.54) is 16.2 Å². The van der Waals surface area contributed by atoms with Crippen LogP contribution in [-0.2, 0) is 9.59 Å². The molecule has 1 N–H and O–H groups in total. The summed E-state index contributed by atoms with van der Waals surface area (Å²) in [6.45, 7) is 3.04. The molecule has 0 unspecified atom stereocenters. The number of carbonyl (C=O) groups excluding carboxylic acids is 3. The lowest BCUT2D eigenvalue weighted by Crippen LogP contribution is -2.53. The minimum absolute atomic E-state index is 0.0468. The predicted molar refractivity (Wildman–Crippen MR) is 95.5 cm³/mol. The monoisotopic (exact) mass is 364 g/mol. The number of amides is 3. The molecule has 1 aliphatic carbocycles. The van der Waals surface area contributed by atoms with Crippen molar-refractivity contribution in [1.29, 1.82) is 0 Å². The fourth-order valence-electron chi connectivity index (χ4n) is 2.82. The van der Waals surface area contributed by atoms with Gasteiger partial charge in [0.1, 0.15) is 0 Å². The molecule has 2 aliphatic rings. The topological polar surface area (TPSA) is 73.0 Å². The molecular weight excluding hydrogens is 340 g/mol. The SMILES string of the molecule is CN(CC(=O)N1CCN(CC(=O)NC2CC2)CC1)C(=O)c1cccs1. The van der Waals surface area contributed by atoms with E-state index in [1.54, 1.807) is 18.0 Å². The van der Waals surface area contributed by atoms with Gasteiger partial charge in [-0.3, -0.25) is 19.3 Å². The quantitative estimate of drug-likeness (QED) is 0.785. The number of nitrogens with one attached hydrogen (secondary N) is 1. The molecule has 7 nitrogen and oxygen atoms in total. The highest BCUT2D eigenvalue weighted by Gasteiger charge is 2.27. The molecule has 3 rings (SSSR count). The summed E-state index contributed by atoms with van der Waals surface area (Å²) in [4.78, 5) is 42.4. The van der Waals surface area contributed by atoms with Crippen LogP contribution in [-0.4, -0.2) is 84.8 Å². The molecule has 0 radical (unpaired) electrons. The molecule has 0 atom stereocenters. The van der Waals surface area contributed by atoms with Crippen molar-refractivity contribution in [2.45, 2.75) is 18.9 Å². The van der Waals surface area contributed by atoms with Crippen molar-refractivity contribution < 1.29 is 14.4 Å². The highest BCUT2D eigenvalue weighted by molar-refractivity contribution is 7.12. The minimum Gasteiger partial charge on any atom is -0.352 e. The van der Waals surface area contributed by atoms with E-state index < -0.39 is 0 Å². The van der Waals surface area contributed by atoms with Crippen molar-refractivity contribution in [3.05, 3.63) is 22.4 Å². The standard InChI is InChI=1S/C17H24N4O3S/c1-19(17(24)14-3-2-10-25-14)12-16(23)21-8-6-20(7-9-21)11-15(22)18-13-4-5-13/h2-3,10,13H,4-9,11-12H2,1H3,(H,18,22). The van der Waals surface area contributed by atoms with Gasteiger partial charge in [-0.15, -0.1) is 11.3 Å². The molecule has 0 bridgehead atoms. The van der Waals surface area contributed by atoms with Crippen molar-refractivity contribution in [3.8, 4) is 0 Å². The van der Waals surface area contributed by atoms with E-state index in [9.17, 15) is 14.4 Å². The maximum atomic E-state index is 12.4. The van der Waals surface area contributed by atoms with Gasteiger partial charge in [-0.1, -0.05) is 6.07 Å². The number of hydrogen-bond donors (Lipinski definition) is 1. The first-order valence-corrected chi connectivity index (χ1v) is 9.49. The van der Waals surface area contributed by atoms with Gasteiger partial charge in [0.15, 0.2) is 0 Å². The molecule has 0 aromatic carbocycles. The Hall–Kier alpha value is -1.93. The number of hydrogen-bond acceptors (Lipinski definition) is 5. The van der Waals surface area contributed by atoms with Crippen LogP contribution in [0.25, 0.3) is 0 Å². The molecule has 3 amide bonds. The first-order valence-electron chi connectivity index (χ1n) is 8.61. The number of thiophene rings is 1. The Morgan fingerprint density at radius 3 is 2.56 bits per heavy atom. The van der Waals surface area contributed by atoms with Gasteiger partial charge >= 0.3 is 0 Å². The highest BCUT2D eigenvalue weighted by Crippen LogP contribution is 2.18. The Morgan fingerprint density at radius 1 is 1.24 bits per heavy atom. The summed E-state index contributed by atoms with van der Waals surface area (Å²) in [6.07, 6.45) is 2.18. The fourth-order valence-corrected chi connectivity index (χ4v) is 3.54. The van der Waals surface area contributed by atoms with Crippen LogP contribution in [0.4, 0.5) is 0 Å². The number of rotatable bonds is 6. The second-order valence-corrected chi connectivity index (χ2v) is 7.58. The van der Waals surface area contributed by atoms with Gasteiger partial charge in [0.05, 0.1) is 18.0 Å². The van der Waals surface area contributed by atoms with Crippen LogP contribution in [0.15, 0.2) is 17.5 Å². The average molecular weight is 364 g/mol. The van der Waals surface area contributed by atoms with Crippen LogP contribution in [0, 0.1) is 0 Å². The van der Waals surface area contributed by atoms with Crippen LogP contribution in [0.2, 0.25) is 0 Å². The molecule has 1 saturated heterocycles. The fraction of sp³-hybridized carbons (Fsp3) is 0.588. The molecule has 1 aromatic rings. The minimum atomic E-state index is -0.126. The molecule has 8 heteroatoms. The lowest BCUT2D eigenvalue weighted by Gasteiger charge is -2.35. The van der Waals surface area contributed by atoms with E-state index >= 15 is 0 Å². The molecule has 2 fully saturated rings. The van der Waals surface area contributed by atoms with Crippen molar-refractivity contribution >= 4 is 29.1 Å². The van der Waals surface area contributed by atoms with Crippen LogP contribution in [0.3, 0.4) is 0 Å². The van der Waals surface area contributed by atoms with E-state index in [0.29, 0.717) is 43.6 Å². The second kappa shape index (κ2) is 7.97. The van der Waals surface area contributed by atoms with E-state index in [2.05, 4.69) is 10.2 Å². The lowest BCUT2D eigenvalue weighted by atomic mass is 10.3. The van der Waals surface area contributed by atoms with Gasteiger partial charge in [-0.25, -0.2) is 0 Å². The molecule has 0 spiro atoms. The normalized spacial score (nSPS) is 18.0. The van der Waals surface area contributed by atoms with E-state index in [4.69, 9.17) is 0 Å². The van der Waals surface area contributed by atoms with Gasteiger partial charge in [-0.2, -0.15) is 0 Å². The molecule has 1 saturated carbocycles. The van der Waals surface area contributed by atoms with Crippen LogP contribution in [0.1, 0.15) is 22.5 Å². The zero-order chi connectivity index (χ0) is 17.8. The zero-order valence-corrected chi connectivity index (χ0v) is 15.3. The molecule has 136 valence electrons. The predicted octanol–water partition coefficient (Wildman–Crippen LogP) is 0.243. The number of nitrogens with zero attached hydrogens (tertiary/aromatic N) is 3. The smallest absolute Gasteiger partial charge is 0.264 e. The van der Waals surface area contributed by atoms with Crippen LogP contribution in [0.5, 0.6) is 0 Å². The van der Waals surface area contributed by atoms with Crippen molar-refractivity contribution in [1.82, 2.24) is 20.0 Å². The number of carbonyl (C=O) groups is 3. The Kier molecular flexibility index (Phi) is 5.70. The summed E-state index contributed by atoms with van der Waals surface area (Å²) in [5.41, 5.74) is 0. The Bertz CT molecular complexity index is 622. The molecular formula is C17H24N4O3S. The van der Waals surface area contributed by atoms with Gasteiger partial charge in [0, 0.05) is 39.3 Å². The summed E-state index contributed by atoms with van der Waals surface area (Å²) < 4.78 is 0. The van der Waals surface area contributed by atoms with Crippen molar-refractivity contribution in [2.24, 2.45) is 0 Å². The molecule has 25 heavy (non-hydrogen) atoms. The summed E-state index contributed by atoms with van der Waals surface area (Å²) in [7, 11) is 1.65. The first-order chi connectivity index (χ1) is 12.0. The van der Waals surface area contributed by atoms with Crippen LogP contribution >= 0.6 is 11.3 Å². The summed E-state index contributed by atoms with van der Waals surface area (Å²) in [5.74, 6) is -0.100. The van der Waals surface area contributed by atoms with E-state index in [0.717, 1.165) is 12.8 Å². The first kappa shape index (κ1) is 17.9. The second-order valence-electron chi connectivity index (χ2n) is 6.64. The van der Waals surface area contributed by atoms with Gasteiger partial charge in [0.25, 0.3) is 5.91 Å². The molecule has 2 heterocycles. The lowest BCUT2D eigenvalue weighted by molar-refractivity contribution is -0.133. The van der Waals surface area contributed by atoms with E-state index in [1.807, 2.05) is 11.4 Å². The Labute approximate surface area is 151 Å². The Morgan fingerprint density at radius 2 is 1.96 bits per heavy atom. The number of piperazine rings is 1. The third kappa shape index (κ3) is 5.02. The van der Waals surface area contributed by atoms with Crippen molar-refractivity contribution in [3.63, 3.8) is 0 Å². The largest absolute Gasteiger partial charge is 0.352 e. The van der Waals surface area contributed by atoms with Gasteiger partial charge in [0.2, 0.25) is 11.8 Å². The summed E-state index contributed by atoms with van der Waals surface area (Å²) in [5, 5.41) is 4.83. The highest BCUT2D eigenvalue weighted by atomic mass is 32.1. The average Bonchev–Trinajstić information content (AvgIpc) is 3.23. The Balaban J connectivity index is 1.40. The summed E-state index contributed by atoms with van der Waals surface area (Å²) >= 11 is 1.38.